The molecular formula is C11H13N3O2S. The third-order valence-electron chi connectivity index (χ3n) is 2.39. The van der Waals surface area contributed by atoms with E-state index in [0.29, 0.717) is 5.69 Å². The van der Waals surface area contributed by atoms with Gasteiger partial charge in [0, 0.05) is 19.7 Å². The first-order valence-electron chi connectivity index (χ1n) is 5.04. The molecule has 0 N–H and O–H groups in total. The zero-order valence-electron chi connectivity index (χ0n) is 9.61. The van der Waals surface area contributed by atoms with E-state index in [1.807, 2.05) is 30.3 Å². The van der Waals surface area contributed by atoms with Crippen molar-refractivity contribution < 1.29 is 8.42 Å². The summed E-state index contributed by atoms with van der Waals surface area (Å²) in [7, 11) is -0.544. The Hall–Kier alpha value is -1.66. The summed E-state index contributed by atoms with van der Waals surface area (Å²) >= 11 is 0. The molecule has 0 saturated heterocycles. The van der Waals surface area contributed by atoms with E-state index in [1.165, 1.54) is 30.6 Å². The highest BCUT2D eigenvalue weighted by molar-refractivity contribution is 7.87. The average Bonchev–Trinajstić information content (AvgIpc) is 2.79. The quantitative estimate of drug-likeness (QED) is 0.823. The maximum atomic E-state index is 12.0. The highest BCUT2D eigenvalue weighted by Gasteiger charge is 2.19. The second-order valence-electron chi connectivity index (χ2n) is 3.73. The summed E-state index contributed by atoms with van der Waals surface area (Å²) in [4.78, 5) is 3.90. The van der Waals surface area contributed by atoms with Crippen LogP contribution < -0.4 is 0 Å². The normalized spacial score (nSPS) is 11.9. The van der Waals surface area contributed by atoms with Crippen LogP contribution in [0.3, 0.4) is 0 Å². The predicted molar refractivity (Wildman–Crippen MR) is 65.7 cm³/mol. The summed E-state index contributed by atoms with van der Waals surface area (Å²) in [5.74, 6) is 0. The van der Waals surface area contributed by atoms with Gasteiger partial charge in [-0.05, 0) is 0 Å². The van der Waals surface area contributed by atoms with E-state index in [4.69, 9.17) is 0 Å². The first kappa shape index (κ1) is 11.8. The van der Waals surface area contributed by atoms with Gasteiger partial charge in [0.2, 0.25) is 0 Å². The molecule has 0 aliphatic heterocycles. The van der Waals surface area contributed by atoms with E-state index in [2.05, 4.69) is 4.98 Å². The molecule has 90 valence electrons. The number of nitrogens with zero attached hydrogens (tertiary/aromatic N) is 3. The van der Waals surface area contributed by atoms with Gasteiger partial charge in [0.05, 0.1) is 11.9 Å². The highest BCUT2D eigenvalue weighted by Crippen LogP contribution is 2.20. The molecule has 0 fully saturated rings. The van der Waals surface area contributed by atoms with Crippen molar-refractivity contribution in [2.45, 2.75) is 0 Å². The van der Waals surface area contributed by atoms with E-state index in [1.54, 1.807) is 0 Å². The Bertz CT molecular complexity index is 603. The second kappa shape index (κ2) is 4.31. The van der Waals surface area contributed by atoms with Gasteiger partial charge in [0.25, 0.3) is 0 Å². The monoisotopic (exact) mass is 251 g/mol. The third-order valence-corrected chi connectivity index (χ3v) is 4.10. The number of hydrogen-bond acceptors (Lipinski definition) is 3. The van der Waals surface area contributed by atoms with Gasteiger partial charge in [-0.25, -0.2) is 8.96 Å². The number of imidazole rings is 1. The molecule has 0 spiro atoms. The first-order valence-corrected chi connectivity index (χ1v) is 6.44. The highest BCUT2D eigenvalue weighted by atomic mass is 32.2. The molecule has 6 heteroatoms. The SMILES string of the molecule is CN(C)S(=O)(=O)n1cncc1-c1ccccc1. The fourth-order valence-electron chi connectivity index (χ4n) is 1.45. The van der Waals surface area contributed by atoms with Crippen LogP contribution in [-0.2, 0) is 10.2 Å². The number of hydrogen-bond donors (Lipinski definition) is 0. The summed E-state index contributed by atoms with van der Waals surface area (Å²) in [6.45, 7) is 0. The minimum atomic E-state index is -3.52. The second-order valence-corrected chi connectivity index (χ2v) is 5.75. The van der Waals surface area contributed by atoms with Crippen molar-refractivity contribution in [3.05, 3.63) is 42.9 Å². The van der Waals surface area contributed by atoms with Gasteiger partial charge in [-0.1, -0.05) is 30.3 Å². The Morgan fingerprint density at radius 1 is 1.18 bits per heavy atom. The fourth-order valence-corrected chi connectivity index (χ4v) is 2.38. The van der Waals surface area contributed by atoms with Crippen molar-refractivity contribution in [1.82, 2.24) is 13.3 Å². The Kier molecular flexibility index (Phi) is 2.99. The van der Waals surface area contributed by atoms with Gasteiger partial charge in [-0.15, -0.1) is 0 Å². The molecule has 0 aliphatic rings. The molecule has 5 nitrogen and oxygen atoms in total. The summed E-state index contributed by atoms with van der Waals surface area (Å²) in [5, 5.41) is 0. The van der Waals surface area contributed by atoms with Crippen molar-refractivity contribution in [3.8, 4) is 11.3 Å². The molecule has 0 bridgehead atoms. The molecule has 1 aromatic carbocycles. The molecule has 2 aromatic rings. The Morgan fingerprint density at radius 3 is 2.41 bits per heavy atom. The lowest BCUT2D eigenvalue weighted by atomic mass is 10.2. The molecule has 0 saturated carbocycles. The third kappa shape index (κ3) is 2.09. The van der Waals surface area contributed by atoms with Gasteiger partial charge < -0.3 is 0 Å². The first-order chi connectivity index (χ1) is 8.03. The average molecular weight is 251 g/mol. The van der Waals surface area contributed by atoms with Crippen LogP contribution in [0.5, 0.6) is 0 Å². The minimum Gasteiger partial charge on any atom is -0.243 e. The summed E-state index contributed by atoms with van der Waals surface area (Å²) < 4.78 is 26.4. The van der Waals surface area contributed by atoms with E-state index in [9.17, 15) is 8.42 Å². The lowest BCUT2D eigenvalue weighted by Gasteiger charge is -2.14. The zero-order chi connectivity index (χ0) is 12.5. The smallest absolute Gasteiger partial charge is 0.243 e. The van der Waals surface area contributed by atoms with Crippen molar-refractivity contribution >= 4 is 10.2 Å². The molecule has 0 amide bonds. The number of benzene rings is 1. The summed E-state index contributed by atoms with van der Waals surface area (Å²) in [6, 6.07) is 9.28. The molecule has 17 heavy (non-hydrogen) atoms. The summed E-state index contributed by atoms with van der Waals surface area (Å²) in [5.41, 5.74) is 1.37. The maximum absolute atomic E-state index is 12.0. The summed E-state index contributed by atoms with van der Waals surface area (Å²) in [6.07, 6.45) is 2.84. The standard InChI is InChI=1S/C11H13N3O2S/c1-13(2)17(15,16)14-9-12-8-11(14)10-6-4-3-5-7-10/h3-9H,1-2H3. The van der Waals surface area contributed by atoms with E-state index >= 15 is 0 Å². The molecular weight excluding hydrogens is 238 g/mol. The topological polar surface area (TPSA) is 55.2 Å². The maximum Gasteiger partial charge on any atom is 0.308 e. The predicted octanol–water partition coefficient (Wildman–Crippen LogP) is 1.20. The largest absolute Gasteiger partial charge is 0.308 e. The van der Waals surface area contributed by atoms with E-state index in [0.717, 1.165) is 9.87 Å². The molecule has 0 radical (unpaired) electrons. The lowest BCUT2D eigenvalue weighted by Crippen LogP contribution is -2.28. The van der Waals surface area contributed by atoms with Gasteiger partial charge >= 0.3 is 10.2 Å². The molecule has 2 rings (SSSR count). The van der Waals surface area contributed by atoms with Crippen molar-refractivity contribution in [2.75, 3.05) is 14.1 Å². The molecule has 1 aromatic heterocycles. The van der Waals surface area contributed by atoms with Crippen LogP contribution in [0.1, 0.15) is 0 Å². The van der Waals surface area contributed by atoms with Crippen LogP contribution in [0.25, 0.3) is 11.3 Å². The fraction of sp³-hybridized carbons (Fsp3) is 0.182. The number of aromatic nitrogens is 2. The van der Waals surface area contributed by atoms with Gasteiger partial charge in [0.1, 0.15) is 6.33 Å². The van der Waals surface area contributed by atoms with Crippen molar-refractivity contribution in [1.29, 1.82) is 0 Å². The Balaban J connectivity index is 2.58. The van der Waals surface area contributed by atoms with Crippen LogP contribution >= 0.6 is 0 Å². The van der Waals surface area contributed by atoms with Crippen LogP contribution in [-0.4, -0.2) is 35.8 Å². The van der Waals surface area contributed by atoms with E-state index in [-0.39, 0.29) is 0 Å². The van der Waals surface area contributed by atoms with Crippen LogP contribution in [0.2, 0.25) is 0 Å². The van der Waals surface area contributed by atoms with Crippen LogP contribution in [0, 0.1) is 0 Å². The zero-order valence-corrected chi connectivity index (χ0v) is 10.4. The van der Waals surface area contributed by atoms with Crippen LogP contribution in [0.4, 0.5) is 0 Å². The van der Waals surface area contributed by atoms with Crippen molar-refractivity contribution in [3.63, 3.8) is 0 Å². The Labute approximate surface area is 101 Å². The Morgan fingerprint density at radius 2 is 1.82 bits per heavy atom. The van der Waals surface area contributed by atoms with Gasteiger partial charge in [-0.2, -0.15) is 12.7 Å². The van der Waals surface area contributed by atoms with Crippen molar-refractivity contribution in [2.24, 2.45) is 0 Å². The molecule has 0 atom stereocenters. The van der Waals surface area contributed by atoms with E-state index < -0.39 is 10.2 Å². The minimum absolute atomic E-state index is 0.555. The molecule has 0 aliphatic carbocycles. The van der Waals surface area contributed by atoms with Gasteiger partial charge in [0.15, 0.2) is 0 Å². The number of rotatable bonds is 3. The van der Waals surface area contributed by atoms with Gasteiger partial charge in [-0.3, -0.25) is 0 Å². The molecule has 0 unspecified atom stereocenters. The lowest BCUT2D eigenvalue weighted by molar-refractivity contribution is 0.511. The molecule has 1 heterocycles. The van der Waals surface area contributed by atoms with Crippen LogP contribution in [0.15, 0.2) is 42.9 Å².